The number of alkyl halides is 3. The minimum atomic E-state index is -4.78. The lowest BCUT2D eigenvalue weighted by Crippen LogP contribution is -2.20. The van der Waals surface area contributed by atoms with E-state index in [9.17, 15) is 18.0 Å². The van der Waals surface area contributed by atoms with Gasteiger partial charge in [-0.15, -0.1) is 13.2 Å². The monoisotopic (exact) mass is 509 g/mol. The van der Waals surface area contributed by atoms with Crippen molar-refractivity contribution in [1.82, 2.24) is 9.97 Å². The zero-order valence-electron chi connectivity index (χ0n) is 19.5. The summed E-state index contributed by atoms with van der Waals surface area (Å²) >= 11 is 0. The van der Waals surface area contributed by atoms with Gasteiger partial charge in [-0.2, -0.15) is 4.98 Å². The van der Waals surface area contributed by atoms with Crippen molar-refractivity contribution < 1.29 is 22.7 Å². The highest BCUT2D eigenvalue weighted by Gasteiger charge is 2.30. The molecule has 2 amide bonds. The molecule has 0 spiro atoms. The molecule has 5 N–H and O–H groups in total. The predicted molar refractivity (Wildman–Crippen MR) is 136 cm³/mol. The van der Waals surface area contributed by atoms with Crippen molar-refractivity contribution in [3.63, 3.8) is 0 Å². The Hall–Kier alpha value is -5.00. The van der Waals surface area contributed by atoms with Crippen LogP contribution in [-0.4, -0.2) is 29.4 Å². The molecule has 0 fully saturated rings. The van der Waals surface area contributed by atoms with Crippen LogP contribution < -0.4 is 31.3 Å². The maximum atomic E-state index is 12.3. The number of nitrogens with two attached hydrogens (primary N) is 1. The van der Waals surface area contributed by atoms with Crippen molar-refractivity contribution in [3.8, 4) is 5.75 Å². The van der Waals surface area contributed by atoms with Crippen molar-refractivity contribution in [2.75, 3.05) is 33.6 Å². The number of carbonyl (C=O) groups excluding carboxylic acids is 1. The van der Waals surface area contributed by atoms with Gasteiger partial charge in [0.2, 0.25) is 5.95 Å². The summed E-state index contributed by atoms with van der Waals surface area (Å²) in [6.45, 7) is 0. The summed E-state index contributed by atoms with van der Waals surface area (Å²) in [6, 6.07) is 20.3. The third-order valence-electron chi connectivity index (χ3n) is 4.99. The first-order valence-corrected chi connectivity index (χ1v) is 10.9. The Morgan fingerprint density at radius 3 is 2.19 bits per heavy atom. The van der Waals surface area contributed by atoms with Crippen LogP contribution in [0.2, 0.25) is 0 Å². The van der Waals surface area contributed by atoms with Crippen molar-refractivity contribution in [1.29, 1.82) is 0 Å². The number of anilines is 7. The SMILES string of the molecule is CN(c1ccc(NC(=O)Nc2ccc(OC(F)(F)F)cc2)cc1)c1ccnc(Nc2cccc(N)c2)n1. The Morgan fingerprint density at radius 2 is 1.57 bits per heavy atom. The molecule has 9 nitrogen and oxygen atoms in total. The van der Waals surface area contributed by atoms with Crippen molar-refractivity contribution >= 4 is 46.2 Å². The second kappa shape index (κ2) is 10.7. The normalized spacial score (nSPS) is 10.9. The third kappa shape index (κ3) is 7.24. The number of urea groups is 1. The smallest absolute Gasteiger partial charge is 0.406 e. The Morgan fingerprint density at radius 1 is 0.919 bits per heavy atom. The maximum absolute atomic E-state index is 12.3. The lowest BCUT2D eigenvalue weighted by Gasteiger charge is -2.19. The van der Waals surface area contributed by atoms with Crippen molar-refractivity contribution in [2.24, 2.45) is 0 Å². The summed E-state index contributed by atoms with van der Waals surface area (Å²) in [5, 5.41) is 8.32. The highest BCUT2D eigenvalue weighted by atomic mass is 19.4. The summed E-state index contributed by atoms with van der Waals surface area (Å²) in [6.07, 6.45) is -3.15. The minimum absolute atomic E-state index is 0.301. The molecule has 0 saturated carbocycles. The molecule has 4 rings (SSSR count). The first kappa shape index (κ1) is 25.1. The van der Waals surface area contributed by atoms with E-state index in [1.165, 1.54) is 12.1 Å². The molecule has 190 valence electrons. The van der Waals surface area contributed by atoms with Crippen LogP contribution in [0.1, 0.15) is 0 Å². The number of carbonyl (C=O) groups is 1. The fourth-order valence-electron chi connectivity index (χ4n) is 3.28. The molecular weight excluding hydrogens is 487 g/mol. The summed E-state index contributed by atoms with van der Waals surface area (Å²) in [5.41, 5.74) is 8.81. The second-order valence-corrected chi connectivity index (χ2v) is 7.75. The van der Waals surface area contributed by atoms with E-state index in [2.05, 4.69) is 30.7 Å². The average molecular weight is 509 g/mol. The number of benzene rings is 3. The molecule has 0 unspecified atom stereocenters. The number of amides is 2. The van der Waals surface area contributed by atoms with E-state index in [0.29, 0.717) is 28.8 Å². The number of hydrogen-bond acceptors (Lipinski definition) is 7. The molecule has 0 saturated heterocycles. The van der Waals surface area contributed by atoms with Gasteiger partial charge < -0.3 is 31.3 Å². The lowest BCUT2D eigenvalue weighted by molar-refractivity contribution is -0.274. The Balaban J connectivity index is 1.35. The number of ether oxygens (including phenoxy) is 1. The van der Waals surface area contributed by atoms with E-state index in [1.807, 2.05) is 24.1 Å². The van der Waals surface area contributed by atoms with Gasteiger partial charge in [-0.3, -0.25) is 0 Å². The molecular formula is C25H22F3N7O2. The van der Waals surface area contributed by atoms with E-state index < -0.39 is 12.4 Å². The topological polar surface area (TPSA) is 117 Å². The first-order chi connectivity index (χ1) is 17.6. The number of nitrogens with zero attached hydrogens (tertiary/aromatic N) is 3. The maximum Gasteiger partial charge on any atom is 0.573 e. The molecule has 4 aromatic rings. The number of nitrogen functional groups attached to an aromatic ring is 1. The van der Waals surface area contributed by atoms with E-state index in [1.54, 1.807) is 48.7 Å². The second-order valence-electron chi connectivity index (χ2n) is 7.75. The highest BCUT2D eigenvalue weighted by molar-refractivity contribution is 5.99. The molecule has 12 heteroatoms. The average Bonchev–Trinajstić information content (AvgIpc) is 2.84. The van der Waals surface area contributed by atoms with Crippen LogP contribution in [0.5, 0.6) is 5.75 Å². The number of halogens is 3. The van der Waals surface area contributed by atoms with Gasteiger partial charge in [0.1, 0.15) is 11.6 Å². The number of aromatic nitrogens is 2. The molecule has 3 aromatic carbocycles. The quantitative estimate of drug-likeness (QED) is 0.222. The molecule has 1 heterocycles. The van der Waals surface area contributed by atoms with E-state index >= 15 is 0 Å². The third-order valence-corrected chi connectivity index (χ3v) is 4.99. The van der Waals surface area contributed by atoms with Crippen LogP contribution >= 0.6 is 0 Å². The first-order valence-electron chi connectivity index (χ1n) is 10.9. The Bertz CT molecular complexity index is 1360. The van der Waals surface area contributed by atoms with Crippen LogP contribution in [0.15, 0.2) is 85.1 Å². The molecule has 0 aliphatic heterocycles. The van der Waals surface area contributed by atoms with Gasteiger partial charge in [-0.05, 0) is 72.8 Å². The highest BCUT2D eigenvalue weighted by Crippen LogP contribution is 2.26. The minimum Gasteiger partial charge on any atom is -0.406 e. The molecule has 1 aromatic heterocycles. The van der Waals surface area contributed by atoms with Gasteiger partial charge in [0.05, 0.1) is 0 Å². The Kier molecular flexibility index (Phi) is 7.28. The summed E-state index contributed by atoms with van der Waals surface area (Å²) in [7, 11) is 1.84. The van der Waals surface area contributed by atoms with E-state index in [0.717, 1.165) is 23.5 Å². The molecule has 37 heavy (non-hydrogen) atoms. The van der Waals surface area contributed by atoms with Gasteiger partial charge in [0.25, 0.3) is 0 Å². The van der Waals surface area contributed by atoms with Gasteiger partial charge >= 0.3 is 12.4 Å². The molecule has 0 aliphatic rings. The lowest BCUT2D eigenvalue weighted by atomic mass is 10.2. The van der Waals surface area contributed by atoms with Crippen LogP contribution in [-0.2, 0) is 0 Å². The van der Waals surface area contributed by atoms with Crippen molar-refractivity contribution in [2.45, 2.75) is 6.36 Å². The number of rotatable bonds is 7. The fourth-order valence-corrected chi connectivity index (χ4v) is 3.28. The summed E-state index contributed by atoms with van der Waals surface area (Å²) in [5.74, 6) is 0.662. The van der Waals surface area contributed by atoms with Crippen molar-refractivity contribution in [3.05, 3.63) is 85.1 Å². The predicted octanol–water partition coefficient (Wildman–Crippen LogP) is 6.11. The number of hydrogen-bond donors (Lipinski definition) is 4. The van der Waals surface area contributed by atoms with Gasteiger partial charge in [0.15, 0.2) is 0 Å². The van der Waals surface area contributed by atoms with Crippen LogP contribution in [0.4, 0.5) is 58.2 Å². The number of nitrogens with one attached hydrogen (secondary N) is 3. The zero-order chi connectivity index (χ0) is 26.4. The van der Waals surface area contributed by atoms with Gasteiger partial charge in [0, 0.05) is 41.7 Å². The van der Waals surface area contributed by atoms with Gasteiger partial charge in [-0.25, -0.2) is 9.78 Å². The molecule has 0 radical (unpaired) electrons. The van der Waals surface area contributed by atoms with Crippen LogP contribution in [0.25, 0.3) is 0 Å². The van der Waals surface area contributed by atoms with Gasteiger partial charge in [-0.1, -0.05) is 6.07 Å². The summed E-state index contributed by atoms with van der Waals surface area (Å²) < 4.78 is 40.6. The largest absolute Gasteiger partial charge is 0.573 e. The van der Waals surface area contributed by atoms with E-state index in [4.69, 9.17) is 5.73 Å². The zero-order valence-corrected chi connectivity index (χ0v) is 19.5. The fraction of sp³-hybridized carbons (Fsp3) is 0.0800. The molecule has 0 aliphatic carbocycles. The summed E-state index contributed by atoms with van der Waals surface area (Å²) in [4.78, 5) is 22.9. The molecule has 0 atom stereocenters. The van der Waals surface area contributed by atoms with Crippen LogP contribution in [0.3, 0.4) is 0 Å². The van der Waals surface area contributed by atoms with Crippen LogP contribution in [0, 0.1) is 0 Å². The standard InChI is InChI=1S/C25H22F3N7O2/c1-35(22-13-14-30-23(34-22)31-19-4-2-3-16(29)15-19)20-9-5-17(6-10-20)32-24(36)33-18-7-11-21(12-8-18)37-25(26,27)28/h2-15H,29H2,1H3,(H,30,31,34)(H2,32,33,36). The Labute approximate surface area is 210 Å². The van der Waals surface area contributed by atoms with E-state index in [-0.39, 0.29) is 5.75 Å². The molecule has 0 bridgehead atoms.